The molecule has 0 unspecified atom stereocenters. The number of methoxy groups -OCH3 is 1. The first-order valence-corrected chi connectivity index (χ1v) is 12.8. The first-order valence-electron chi connectivity index (χ1n) is 10.6. The number of rotatable bonds is 6. The fourth-order valence-electron chi connectivity index (χ4n) is 3.63. The topological polar surface area (TPSA) is 140 Å². The molecule has 0 radical (unpaired) electrons. The summed E-state index contributed by atoms with van der Waals surface area (Å²) in [4.78, 5) is 12.7. The van der Waals surface area contributed by atoms with Gasteiger partial charge in [-0.05, 0) is 48.2 Å². The molecule has 190 valence electrons. The van der Waals surface area contributed by atoms with Crippen LogP contribution in [0.2, 0.25) is 10.0 Å². The Labute approximate surface area is 250 Å². The van der Waals surface area contributed by atoms with Gasteiger partial charge < -0.3 is 15.2 Å². The summed E-state index contributed by atoms with van der Waals surface area (Å²) in [5.41, 5.74) is 0.119. The Morgan fingerprint density at radius 2 is 1.76 bits per heavy atom. The van der Waals surface area contributed by atoms with Crippen molar-refractivity contribution in [3.63, 3.8) is 0 Å². The Bertz CT molecular complexity index is 1700. The summed E-state index contributed by atoms with van der Waals surface area (Å²) in [6.07, 6.45) is 0. The molecule has 0 fully saturated rings. The number of hydrogen-bond donors (Lipinski definition) is 2. The first-order chi connectivity index (χ1) is 17.5. The minimum Gasteiger partial charge on any atom is -0.870 e. The fraction of sp³-hybridized carbons (Fsp3) is 0.0800. The van der Waals surface area contributed by atoms with Crippen LogP contribution in [0.1, 0.15) is 15.9 Å². The molecule has 0 saturated carbocycles. The summed E-state index contributed by atoms with van der Waals surface area (Å²) in [5, 5.41) is 25.4. The first kappa shape index (κ1) is 29.9. The van der Waals surface area contributed by atoms with Gasteiger partial charge in [-0.15, -0.1) is 5.11 Å². The third-order valence-electron chi connectivity index (χ3n) is 5.40. The van der Waals surface area contributed by atoms with Gasteiger partial charge in [-0.3, -0.25) is 9.35 Å². The summed E-state index contributed by atoms with van der Waals surface area (Å²) in [6, 6.07) is 15.2. The Balaban J connectivity index is 0.00000400. The van der Waals surface area contributed by atoms with Crippen molar-refractivity contribution in [2.45, 2.75) is 11.8 Å². The van der Waals surface area contributed by atoms with E-state index in [9.17, 15) is 22.9 Å². The van der Waals surface area contributed by atoms with Crippen LogP contribution in [0.25, 0.3) is 10.8 Å². The molecule has 38 heavy (non-hydrogen) atoms. The van der Waals surface area contributed by atoms with Gasteiger partial charge in [-0.1, -0.05) is 59.3 Å². The normalized spacial score (nSPS) is 11.4. The largest absolute Gasteiger partial charge is 1.00 e. The van der Waals surface area contributed by atoms with Crippen molar-refractivity contribution in [1.29, 1.82) is 0 Å². The number of halogens is 2. The number of aryl methyl sites for hydroxylation is 1. The maximum atomic E-state index is 13.4. The van der Waals surface area contributed by atoms with Gasteiger partial charge in [-0.25, -0.2) is 0 Å². The summed E-state index contributed by atoms with van der Waals surface area (Å²) >= 11 is 12.4. The number of benzene rings is 4. The van der Waals surface area contributed by atoms with Gasteiger partial charge in [0.2, 0.25) is 0 Å². The molecule has 1 amide bonds. The maximum absolute atomic E-state index is 13.4. The van der Waals surface area contributed by atoms with Crippen LogP contribution >= 0.6 is 23.2 Å². The quantitative estimate of drug-likeness (QED) is 0.203. The van der Waals surface area contributed by atoms with Crippen molar-refractivity contribution in [2.24, 2.45) is 10.2 Å². The minimum atomic E-state index is -4.54. The third kappa shape index (κ3) is 6.13. The second-order valence-electron chi connectivity index (χ2n) is 7.85. The van der Waals surface area contributed by atoms with E-state index in [0.717, 1.165) is 6.07 Å². The van der Waals surface area contributed by atoms with Gasteiger partial charge in [-0.2, -0.15) is 13.5 Å². The zero-order chi connectivity index (χ0) is 26.9. The van der Waals surface area contributed by atoms with Crippen molar-refractivity contribution in [3.05, 3.63) is 81.8 Å². The van der Waals surface area contributed by atoms with Crippen LogP contribution in [-0.2, 0) is 10.1 Å². The van der Waals surface area contributed by atoms with Crippen molar-refractivity contribution in [2.75, 3.05) is 12.4 Å². The van der Waals surface area contributed by atoms with E-state index in [1.54, 1.807) is 42.5 Å². The number of ether oxygens (including phenoxy) is 1. The predicted octanol–water partition coefficient (Wildman–Crippen LogP) is 3.46. The van der Waals surface area contributed by atoms with E-state index in [4.69, 9.17) is 27.9 Å². The van der Waals surface area contributed by atoms with Crippen molar-refractivity contribution < 1.29 is 57.2 Å². The SMILES string of the molecule is COc1c(Cl)cccc1NC(=O)c1cc2ccccc2c(N=Nc2cc(S(=O)(=O)O)cc(C)c2Cl)c1[O-].[Na+]. The van der Waals surface area contributed by atoms with E-state index in [2.05, 4.69) is 15.5 Å². The molecule has 4 aromatic rings. The summed E-state index contributed by atoms with van der Waals surface area (Å²) in [7, 11) is -3.14. The number of azo groups is 1. The van der Waals surface area contributed by atoms with Crippen LogP contribution in [0.3, 0.4) is 0 Å². The number of nitrogens with one attached hydrogen (secondary N) is 1. The van der Waals surface area contributed by atoms with Gasteiger partial charge in [0.1, 0.15) is 5.69 Å². The Kier molecular flexibility index (Phi) is 9.43. The molecule has 0 bridgehead atoms. The summed E-state index contributed by atoms with van der Waals surface area (Å²) < 4.78 is 37.9. The zero-order valence-corrected chi connectivity index (χ0v) is 24.6. The number of carbonyl (C=O) groups excluding carboxylic acids is 1. The van der Waals surface area contributed by atoms with Crippen molar-refractivity contribution >= 4 is 67.1 Å². The number of amides is 1. The number of hydrogen-bond acceptors (Lipinski definition) is 7. The number of para-hydroxylation sites is 1. The molecule has 0 spiro atoms. The smallest absolute Gasteiger partial charge is 0.870 e. The molecule has 0 aliphatic rings. The van der Waals surface area contributed by atoms with E-state index in [1.165, 1.54) is 26.2 Å². The number of fused-ring (bicyclic) bond motifs is 1. The molecular formula is C25H18Cl2N3NaO6S. The van der Waals surface area contributed by atoms with E-state index in [0.29, 0.717) is 16.3 Å². The van der Waals surface area contributed by atoms with Gasteiger partial charge >= 0.3 is 29.6 Å². The Hall–Kier alpha value is -2.70. The maximum Gasteiger partial charge on any atom is 1.00 e. The van der Waals surface area contributed by atoms with Crippen molar-refractivity contribution in [1.82, 2.24) is 0 Å². The van der Waals surface area contributed by atoms with Crippen molar-refractivity contribution in [3.8, 4) is 11.5 Å². The second kappa shape index (κ2) is 12.0. The molecule has 13 heteroatoms. The number of nitrogens with zero attached hydrogens (tertiary/aromatic N) is 2. The second-order valence-corrected chi connectivity index (χ2v) is 10.1. The molecule has 4 aromatic carbocycles. The Morgan fingerprint density at radius 3 is 2.45 bits per heavy atom. The van der Waals surface area contributed by atoms with Gasteiger partial charge in [0.15, 0.2) is 5.75 Å². The predicted molar refractivity (Wildman–Crippen MR) is 140 cm³/mol. The van der Waals surface area contributed by atoms with Crippen LogP contribution < -0.4 is 44.7 Å². The molecule has 0 atom stereocenters. The molecular weight excluding hydrogens is 564 g/mol. The monoisotopic (exact) mass is 581 g/mol. The molecule has 0 saturated heterocycles. The number of anilines is 1. The fourth-order valence-corrected chi connectivity index (χ4v) is 4.61. The summed E-state index contributed by atoms with van der Waals surface area (Å²) in [5.74, 6) is -1.22. The number of carbonyl (C=O) groups is 1. The van der Waals surface area contributed by atoms with Crippen LogP contribution in [0.5, 0.6) is 11.5 Å². The van der Waals surface area contributed by atoms with E-state index < -0.39 is 26.7 Å². The molecule has 9 nitrogen and oxygen atoms in total. The van der Waals surface area contributed by atoms with Crippen LogP contribution in [0.15, 0.2) is 75.8 Å². The average molecular weight is 582 g/mol. The zero-order valence-electron chi connectivity index (χ0n) is 20.3. The van der Waals surface area contributed by atoms with Crippen LogP contribution in [0.4, 0.5) is 17.1 Å². The van der Waals surface area contributed by atoms with Crippen LogP contribution in [0, 0.1) is 6.92 Å². The molecule has 0 aliphatic heterocycles. The van der Waals surface area contributed by atoms with E-state index >= 15 is 0 Å². The standard InChI is InChI=1S/C25H19Cl2N3O6S.Na/c1-13-10-15(37(33,34)35)12-20(21(13)27)29-30-22-16-7-4-3-6-14(16)11-17(23(22)31)25(32)28-19-9-5-8-18(26)24(19)36-2;/h3-12,31H,1-2H3,(H,28,32)(H,33,34,35);/q;+1/p-1. The van der Waals surface area contributed by atoms with E-state index in [1.807, 2.05) is 0 Å². The average Bonchev–Trinajstić information content (AvgIpc) is 2.84. The molecule has 4 rings (SSSR count). The van der Waals surface area contributed by atoms with Gasteiger partial charge in [0, 0.05) is 10.9 Å². The van der Waals surface area contributed by atoms with Gasteiger partial charge in [0.25, 0.3) is 16.0 Å². The minimum absolute atomic E-state index is 0. The van der Waals surface area contributed by atoms with E-state index in [-0.39, 0.29) is 68.0 Å². The molecule has 0 heterocycles. The summed E-state index contributed by atoms with van der Waals surface area (Å²) in [6.45, 7) is 1.53. The van der Waals surface area contributed by atoms with Gasteiger partial charge in [0.05, 0.1) is 33.4 Å². The van der Waals surface area contributed by atoms with Crippen LogP contribution in [-0.4, -0.2) is 26.0 Å². The Morgan fingerprint density at radius 1 is 1.05 bits per heavy atom. The molecule has 0 aliphatic carbocycles. The molecule has 0 aromatic heterocycles. The molecule has 2 N–H and O–H groups in total. The third-order valence-corrected chi connectivity index (χ3v) is 7.02.